The Morgan fingerprint density at radius 3 is 1.95 bits per heavy atom. The van der Waals surface area contributed by atoms with E-state index >= 15 is 0 Å². The van der Waals surface area contributed by atoms with Crippen LogP contribution >= 0.6 is 0 Å². The lowest BCUT2D eigenvalue weighted by Gasteiger charge is -2.25. The van der Waals surface area contributed by atoms with Crippen LogP contribution in [0.4, 0.5) is 0 Å². The number of hydrogen-bond acceptors (Lipinski definition) is 6. The van der Waals surface area contributed by atoms with Crippen LogP contribution in [-0.4, -0.2) is 57.2 Å². The molecule has 0 aliphatic heterocycles. The molecule has 0 aromatic rings. The summed E-state index contributed by atoms with van der Waals surface area (Å²) in [5.74, 6) is -0.719. The monoisotopic (exact) mass is 274 g/mol. The Morgan fingerprint density at radius 2 is 1.58 bits per heavy atom. The molecule has 0 rings (SSSR count). The first-order chi connectivity index (χ1) is 8.84. The van der Waals surface area contributed by atoms with Crippen LogP contribution in [0.5, 0.6) is 0 Å². The zero-order valence-electron chi connectivity index (χ0n) is 12.4. The number of nitrogens with zero attached hydrogens (tertiary/aromatic N) is 1. The molecular weight excluding hydrogens is 248 g/mol. The Labute approximate surface area is 115 Å². The fraction of sp³-hybridized carbons (Fsp3) is 0.846. The van der Waals surface area contributed by atoms with E-state index in [1.807, 2.05) is 0 Å². The number of methoxy groups -OCH3 is 2. The average Bonchev–Trinajstić information content (AvgIpc) is 2.37. The normalized spacial score (nSPS) is 11.5. The minimum atomic E-state index is -0.359. The summed E-state index contributed by atoms with van der Waals surface area (Å²) in [6.45, 7) is 5.62. The quantitative estimate of drug-likeness (QED) is 0.613. The van der Waals surface area contributed by atoms with Gasteiger partial charge in [-0.25, -0.2) is 0 Å². The zero-order valence-corrected chi connectivity index (χ0v) is 12.4. The molecule has 0 heterocycles. The molecule has 6 nitrogen and oxygen atoms in total. The summed E-state index contributed by atoms with van der Waals surface area (Å²) in [6.07, 6.45) is 1.79. The lowest BCUT2D eigenvalue weighted by molar-refractivity contribution is -0.145. The molecule has 0 radical (unpaired) electrons. The van der Waals surface area contributed by atoms with E-state index in [0.717, 1.165) is 12.8 Å². The van der Waals surface area contributed by atoms with Gasteiger partial charge in [-0.1, -0.05) is 13.8 Å². The van der Waals surface area contributed by atoms with Gasteiger partial charge in [0.15, 0.2) is 0 Å². The molecule has 0 saturated carbocycles. The number of esters is 2. The number of hydrogen-bond donors (Lipinski definition) is 1. The van der Waals surface area contributed by atoms with Crippen molar-refractivity contribution in [2.24, 2.45) is 11.1 Å². The highest BCUT2D eigenvalue weighted by molar-refractivity contribution is 5.74. The van der Waals surface area contributed by atoms with Crippen LogP contribution in [0.25, 0.3) is 0 Å². The Morgan fingerprint density at radius 1 is 1.11 bits per heavy atom. The van der Waals surface area contributed by atoms with E-state index in [1.54, 1.807) is 4.90 Å². The van der Waals surface area contributed by atoms with Gasteiger partial charge in [-0.2, -0.15) is 0 Å². The van der Waals surface area contributed by atoms with Gasteiger partial charge in [-0.15, -0.1) is 0 Å². The first-order valence-corrected chi connectivity index (χ1v) is 6.40. The van der Waals surface area contributed by atoms with Gasteiger partial charge < -0.3 is 15.2 Å². The third kappa shape index (κ3) is 8.56. The van der Waals surface area contributed by atoms with Crippen molar-refractivity contribution in [2.75, 3.05) is 40.4 Å². The van der Waals surface area contributed by atoms with E-state index in [0.29, 0.717) is 13.1 Å². The van der Waals surface area contributed by atoms with Crippen LogP contribution in [0.2, 0.25) is 0 Å². The molecule has 112 valence electrons. The van der Waals surface area contributed by atoms with E-state index in [2.05, 4.69) is 23.3 Å². The van der Waals surface area contributed by atoms with Crippen LogP contribution < -0.4 is 5.73 Å². The molecule has 0 saturated heterocycles. The van der Waals surface area contributed by atoms with Crippen molar-refractivity contribution in [2.45, 2.75) is 26.7 Å². The molecule has 0 fully saturated rings. The van der Waals surface area contributed by atoms with Gasteiger partial charge in [0.25, 0.3) is 0 Å². The highest BCUT2D eigenvalue weighted by Gasteiger charge is 2.18. The van der Waals surface area contributed by atoms with Crippen molar-refractivity contribution in [1.82, 2.24) is 4.90 Å². The van der Waals surface area contributed by atoms with E-state index in [9.17, 15) is 9.59 Å². The molecule has 0 aliphatic rings. The third-order valence-electron chi connectivity index (χ3n) is 3.04. The van der Waals surface area contributed by atoms with Crippen molar-refractivity contribution in [3.8, 4) is 0 Å². The van der Waals surface area contributed by atoms with E-state index < -0.39 is 0 Å². The van der Waals surface area contributed by atoms with Crippen molar-refractivity contribution in [1.29, 1.82) is 0 Å². The van der Waals surface area contributed by atoms with Gasteiger partial charge in [-0.05, 0) is 31.3 Å². The number of carbonyl (C=O) groups excluding carboxylic acids is 2. The number of nitrogens with two attached hydrogens (primary N) is 1. The summed E-state index contributed by atoms with van der Waals surface area (Å²) in [5, 5.41) is 0. The zero-order chi connectivity index (χ0) is 14.9. The Hall–Kier alpha value is -1.14. The fourth-order valence-corrected chi connectivity index (χ4v) is 1.59. The number of rotatable bonds is 9. The van der Waals surface area contributed by atoms with Crippen LogP contribution in [0, 0.1) is 5.41 Å². The van der Waals surface area contributed by atoms with E-state index in [-0.39, 0.29) is 30.4 Å². The van der Waals surface area contributed by atoms with Gasteiger partial charge in [-0.3, -0.25) is 14.5 Å². The number of carbonyl (C=O) groups is 2. The Bertz CT molecular complexity index is 274. The first-order valence-electron chi connectivity index (χ1n) is 6.40. The average molecular weight is 274 g/mol. The van der Waals surface area contributed by atoms with E-state index in [1.165, 1.54) is 14.2 Å². The van der Waals surface area contributed by atoms with E-state index in [4.69, 9.17) is 5.73 Å². The molecule has 0 atom stereocenters. The molecular formula is C13H26N2O4. The molecule has 19 heavy (non-hydrogen) atoms. The van der Waals surface area contributed by atoms with Crippen molar-refractivity contribution in [3.63, 3.8) is 0 Å². The maximum absolute atomic E-state index is 11.3. The van der Waals surface area contributed by atoms with Crippen LogP contribution in [0.15, 0.2) is 0 Å². The second kappa shape index (κ2) is 8.87. The van der Waals surface area contributed by atoms with Crippen LogP contribution in [0.3, 0.4) is 0 Å². The summed E-state index contributed by atoms with van der Waals surface area (Å²) >= 11 is 0. The van der Waals surface area contributed by atoms with Gasteiger partial charge in [0, 0.05) is 0 Å². The maximum Gasteiger partial charge on any atom is 0.319 e. The molecule has 0 unspecified atom stereocenters. The smallest absolute Gasteiger partial charge is 0.319 e. The molecule has 0 bridgehead atoms. The molecule has 0 aliphatic carbocycles. The molecule has 0 aromatic carbocycles. The number of ether oxygens (including phenoxy) is 2. The minimum absolute atomic E-state index is 0.0716. The van der Waals surface area contributed by atoms with Gasteiger partial charge >= 0.3 is 11.9 Å². The van der Waals surface area contributed by atoms with Crippen LogP contribution in [0.1, 0.15) is 26.7 Å². The topological polar surface area (TPSA) is 81.9 Å². The second-order valence-corrected chi connectivity index (χ2v) is 5.33. The Kier molecular flexibility index (Phi) is 8.34. The highest BCUT2D eigenvalue weighted by atomic mass is 16.5. The van der Waals surface area contributed by atoms with Gasteiger partial charge in [0.2, 0.25) is 0 Å². The van der Waals surface area contributed by atoms with Crippen molar-refractivity contribution in [3.05, 3.63) is 0 Å². The molecule has 2 N–H and O–H groups in total. The maximum atomic E-state index is 11.3. The van der Waals surface area contributed by atoms with Crippen LogP contribution in [-0.2, 0) is 19.1 Å². The lowest BCUT2D eigenvalue weighted by atomic mass is 9.88. The summed E-state index contributed by atoms with van der Waals surface area (Å²) in [7, 11) is 2.66. The summed E-state index contributed by atoms with van der Waals surface area (Å²) in [6, 6.07) is 0. The summed E-state index contributed by atoms with van der Waals surface area (Å²) < 4.78 is 9.22. The highest BCUT2D eigenvalue weighted by Crippen LogP contribution is 2.20. The summed E-state index contributed by atoms with van der Waals surface area (Å²) in [4.78, 5) is 24.3. The SMILES string of the molecule is COC(=O)CN(CCCC(C)(C)CN)CC(=O)OC. The molecule has 0 spiro atoms. The Balaban J connectivity index is 4.26. The predicted octanol–water partition coefficient (Wildman–Crippen LogP) is 0.400. The minimum Gasteiger partial charge on any atom is -0.468 e. The third-order valence-corrected chi connectivity index (χ3v) is 3.04. The lowest BCUT2D eigenvalue weighted by Crippen LogP contribution is -2.37. The first kappa shape index (κ1) is 17.9. The second-order valence-electron chi connectivity index (χ2n) is 5.33. The van der Waals surface area contributed by atoms with Gasteiger partial charge in [0.05, 0.1) is 27.3 Å². The largest absolute Gasteiger partial charge is 0.468 e. The standard InChI is InChI=1S/C13H26N2O4/c1-13(2,10-14)6-5-7-15(8-11(16)18-3)9-12(17)19-4/h5-10,14H2,1-4H3. The van der Waals surface area contributed by atoms with Crippen molar-refractivity contribution >= 4 is 11.9 Å². The molecule has 0 amide bonds. The van der Waals surface area contributed by atoms with Crippen molar-refractivity contribution < 1.29 is 19.1 Å². The predicted molar refractivity (Wildman–Crippen MR) is 72.5 cm³/mol. The fourth-order valence-electron chi connectivity index (χ4n) is 1.59. The molecule has 6 heteroatoms. The molecule has 0 aromatic heterocycles. The summed E-state index contributed by atoms with van der Waals surface area (Å²) in [5.41, 5.74) is 5.74. The van der Waals surface area contributed by atoms with Gasteiger partial charge in [0.1, 0.15) is 0 Å².